The van der Waals surface area contributed by atoms with Gasteiger partial charge in [0.2, 0.25) is 5.90 Å². The zero-order chi connectivity index (χ0) is 19.7. The molecular weight excluding hydrogens is 365 g/mol. The number of carbonyl (C=O) groups excluding carboxylic acids is 2. The number of carbonyl (C=O) groups is 2. The largest absolute Gasteiger partial charge is 0.493 e. The normalized spacial score (nSPS) is 17.3. The van der Waals surface area contributed by atoms with E-state index in [1.165, 1.54) is 31.4 Å². The predicted octanol–water partition coefficient (Wildman–Crippen LogP) is 3.49. The third-order valence-electron chi connectivity index (χ3n) is 4.30. The van der Waals surface area contributed by atoms with E-state index < -0.39 is 11.8 Å². The molecule has 1 heterocycles. The molecule has 2 aliphatic rings. The highest BCUT2D eigenvalue weighted by Crippen LogP contribution is 2.34. The van der Waals surface area contributed by atoms with Crippen molar-refractivity contribution in [2.75, 3.05) is 7.11 Å². The quantitative estimate of drug-likeness (QED) is 0.450. The summed E-state index contributed by atoms with van der Waals surface area (Å²) in [7, 11) is 1.46. The molecule has 4 rings (SSSR count). The summed E-state index contributed by atoms with van der Waals surface area (Å²) in [6.07, 6.45) is 3.21. The van der Waals surface area contributed by atoms with Crippen molar-refractivity contribution in [3.05, 3.63) is 65.1 Å². The zero-order valence-corrected chi connectivity index (χ0v) is 15.0. The van der Waals surface area contributed by atoms with E-state index in [2.05, 4.69) is 4.99 Å². The Balaban J connectivity index is 1.59. The Morgan fingerprint density at radius 3 is 2.75 bits per heavy atom. The molecule has 0 saturated heterocycles. The number of hydrogen-bond donors (Lipinski definition) is 0. The maximum absolute atomic E-state index is 13.4. The molecule has 28 heavy (non-hydrogen) atoms. The molecule has 0 atom stereocenters. The van der Waals surface area contributed by atoms with Crippen LogP contribution in [0.25, 0.3) is 6.08 Å². The molecule has 1 saturated carbocycles. The average Bonchev–Trinajstić information content (AvgIpc) is 3.47. The van der Waals surface area contributed by atoms with Crippen molar-refractivity contribution in [1.82, 2.24) is 0 Å². The second-order valence-corrected chi connectivity index (χ2v) is 6.45. The molecule has 2 aromatic carbocycles. The number of rotatable bonds is 5. The van der Waals surface area contributed by atoms with Gasteiger partial charge in [-0.3, -0.25) is 4.79 Å². The van der Waals surface area contributed by atoms with Gasteiger partial charge < -0.3 is 14.2 Å². The number of esters is 2. The van der Waals surface area contributed by atoms with Crippen molar-refractivity contribution in [1.29, 1.82) is 0 Å². The molecule has 2 aromatic rings. The van der Waals surface area contributed by atoms with Crippen LogP contribution in [0.5, 0.6) is 11.5 Å². The highest BCUT2D eigenvalue weighted by atomic mass is 19.1. The highest BCUT2D eigenvalue weighted by Gasteiger charge is 2.32. The van der Waals surface area contributed by atoms with Crippen molar-refractivity contribution in [3.8, 4) is 11.5 Å². The number of methoxy groups -OCH3 is 1. The minimum Gasteiger partial charge on any atom is -0.493 e. The molecule has 6 nitrogen and oxygen atoms in total. The number of cyclic esters (lactones) is 1. The molecule has 0 aromatic heterocycles. The first-order valence-electron chi connectivity index (χ1n) is 8.72. The van der Waals surface area contributed by atoms with Crippen molar-refractivity contribution in [2.45, 2.75) is 12.8 Å². The van der Waals surface area contributed by atoms with Gasteiger partial charge in [0.15, 0.2) is 17.2 Å². The molecular formula is C21H16FNO5. The van der Waals surface area contributed by atoms with E-state index in [1.54, 1.807) is 24.3 Å². The van der Waals surface area contributed by atoms with Crippen LogP contribution in [0.4, 0.5) is 4.39 Å². The Morgan fingerprint density at radius 2 is 2.04 bits per heavy atom. The molecule has 0 amide bonds. The van der Waals surface area contributed by atoms with Crippen LogP contribution < -0.4 is 9.47 Å². The molecule has 1 aliphatic heterocycles. The lowest BCUT2D eigenvalue weighted by Crippen LogP contribution is -2.10. The van der Waals surface area contributed by atoms with Crippen LogP contribution in [0.3, 0.4) is 0 Å². The Labute approximate surface area is 160 Å². The van der Waals surface area contributed by atoms with E-state index in [0.29, 0.717) is 22.6 Å². The van der Waals surface area contributed by atoms with Crippen molar-refractivity contribution in [3.63, 3.8) is 0 Å². The monoisotopic (exact) mass is 381 g/mol. The zero-order valence-electron chi connectivity index (χ0n) is 15.0. The van der Waals surface area contributed by atoms with Crippen molar-refractivity contribution in [2.24, 2.45) is 10.9 Å². The second-order valence-electron chi connectivity index (χ2n) is 6.45. The molecule has 0 bridgehead atoms. The van der Waals surface area contributed by atoms with Gasteiger partial charge in [0.05, 0.1) is 13.0 Å². The van der Waals surface area contributed by atoms with Crippen molar-refractivity contribution >= 4 is 23.9 Å². The maximum Gasteiger partial charge on any atom is 0.363 e. The Kier molecular flexibility index (Phi) is 4.65. The maximum atomic E-state index is 13.4. The number of ether oxygens (including phenoxy) is 3. The van der Waals surface area contributed by atoms with E-state index >= 15 is 0 Å². The molecule has 0 N–H and O–H groups in total. The molecule has 0 radical (unpaired) electrons. The van der Waals surface area contributed by atoms with Gasteiger partial charge in [-0.2, -0.15) is 0 Å². The fourth-order valence-electron chi connectivity index (χ4n) is 2.68. The summed E-state index contributed by atoms with van der Waals surface area (Å²) in [6.45, 7) is 0. The highest BCUT2D eigenvalue weighted by molar-refractivity contribution is 6.12. The molecule has 1 aliphatic carbocycles. The summed E-state index contributed by atoms with van der Waals surface area (Å²) >= 11 is 0. The van der Waals surface area contributed by atoms with Gasteiger partial charge in [-0.05, 0) is 54.8 Å². The lowest BCUT2D eigenvalue weighted by atomic mass is 10.1. The summed E-state index contributed by atoms with van der Waals surface area (Å²) in [5, 5.41) is 0. The molecule has 1 fully saturated rings. The third kappa shape index (κ3) is 3.78. The standard InChI is InChI=1S/C21H16FNO5/c1-26-18-10-12(5-8-17(18)27-20(24)13-6-7-13)9-16-21(25)28-19(23-16)14-3-2-4-15(22)11-14/h2-5,8-11,13H,6-7H2,1H3/b16-9-. The van der Waals surface area contributed by atoms with E-state index in [-0.39, 0.29) is 23.5 Å². The number of hydrogen-bond acceptors (Lipinski definition) is 6. The van der Waals surface area contributed by atoms with Gasteiger partial charge in [0.25, 0.3) is 0 Å². The summed E-state index contributed by atoms with van der Waals surface area (Å²) in [5.74, 6) is -0.665. The first kappa shape index (κ1) is 17.9. The Hall–Kier alpha value is -3.48. The number of aliphatic imine (C=N–C) groups is 1. The second kappa shape index (κ2) is 7.26. The van der Waals surface area contributed by atoms with E-state index in [1.807, 2.05) is 0 Å². The number of benzene rings is 2. The summed E-state index contributed by atoms with van der Waals surface area (Å²) < 4.78 is 29.1. The van der Waals surface area contributed by atoms with Crippen LogP contribution in [0.15, 0.2) is 53.2 Å². The first-order valence-corrected chi connectivity index (χ1v) is 8.72. The SMILES string of the molecule is COc1cc(/C=C2\N=C(c3cccc(F)c3)OC2=O)ccc1OC(=O)C1CC1. The first-order chi connectivity index (χ1) is 13.5. The summed E-state index contributed by atoms with van der Waals surface area (Å²) in [5.41, 5.74) is 1.06. The van der Waals surface area contributed by atoms with Crippen LogP contribution >= 0.6 is 0 Å². The molecule has 7 heteroatoms. The minimum atomic E-state index is -0.637. The van der Waals surface area contributed by atoms with Crippen LogP contribution in [-0.4, -0.2) is 24.9 Å². The van der Waals surface area contributed by atoms with Gasteiger partial charge in [-0.25, -0.2) is 14.2 Å². The molecule has 0 unspecified atom stereocenters. The van der Waals surface area contributed by atoms with Crippen LogP contribution in [-0.2, 0) is 14.3 Å². The van der Waals surface area contributed by atoms with Gasteiger partial charge >= 0.3 is 11.9 Å². The predicted molar refractivity (Wildman–Crippen MR) is 98.4 cm³/mol. The van der Waals surface area contributed by atoms with Gasteiger partial charge in [0, 0.05) is 5.56 Å². The minimum absolute atomic E-state index is 0.0321. The summed E-state index contributed by atoms with van der Waals surface area (Å²) in [4.78, 5) is 28.1. The van der Waals surface area contributed by atoms with Crippen LogP contribution in [0.2, 0.25) is 0 Å². The average molecular weight is 381 g/mol. The molecule has 142 valence electrons. The van der Waals surface area contributed by atoms with Gasteiger partial charge in [0.1, 0.15) is 5.82 Å². The fourth-order valence-corrected chi connectivity index (χ4v) is 2.68. The van der Waals surface area contributed by atoms with Crippen LogP contribution in [0.1, 0.15) is 24.0 Å². The number of halogens is 1. The van der Waals surface area contributed by atoms with E-state index in [4.69, 9.17) is 14.2 Å². The Morgan fingerprint density at radius 1 is 1.21 bits per heavy atom. The van der Waals surface area contributed by atoms with Crippen LogP contribution in [0, 0.1) is 11.7 Å². The topological polar surface area (TPSA) is 74.2 Å². The molecule has 0 spiro atoms. The lowest BCUT2D eigenvalue weighted by molar-refractivity contribution is -0.136. The summed E-state index contributed by atoms with van der Waals surface area (Å²) in [6, 6.07) is 10.5. The smallest absolute Gasteiger partial charge is 0.363 e. The van der Waals surface area contributed by atoms with E-state index in [9.17, 15) is 14.0 Å². The van der Waals surface area contributed by atoms with Gasteiger partial charge in [-0.1, -0.05) is 12.1 Å². The third-order valence-corrected chi connectivity index (χ3v) is 4.30. The van der Waals surface area contributed by atoms with Crippen molar-refractivity contribution < 1.29 is 28.2 Å². The Bertz CT molecular complexity index is 1020. The lowest BCUT2D eigenvalue weighted by Gasteiger charge is -2.09. The number of nitrogens with zero attached hydrogens (tertiary/aromatic N) is 1. The van der Waals surface area contributed by atoms with E-state index in [0.717, 1.165) is 12.8 Å². The fraction of sp³-hybridized carbons (Fsp3) is 0.190. The van der Waals surface area contributed by atoms with Gasteiger partial charge in [-0.15, -0.1) is 0 Å².